The number of imidazole rings is 1. The van der Waals surface area contributed by atoms with E-state index in [-0.39, 0.29) is 12.4 Å². The molecule has 0 N–H and O–H groups in total. The molecule has 0 aliphatic heterocycles. The Morgan fingerprint density at radius 2 is 1.92 bits per heavy atom. The zero-order valence-corrected chi connectivity index (χ0v) is 15.2. The summed E-state index contributed by atoms with van der Waals surface area (Å²) in [5, 5.41) is 1.50. The van der Waals surface area contributed by atoms with Gasteiger partial charge in [0.2, 0.25) is 5.78 Å². The van der Waals surface area contributed by atoms with Crippen molar-refractivity contribution >= 4 is 40.6 Å². The van der Waals surface area contributed by atoms with E-state index in [1.807, 2.05) is 0 Å². The summed E-state index contributed by atoms with van der Waals surface area (Å²) < 4.78 is 7.44. The molecule has 0 aliphatic carbocycles. The Hall–Kier alpha value is -1.85. The topological polar surface area (TPSA) is 44.1 Å². The molecular weight excluding hydrogens is 383 g/mol. The Labute approximate surface area is 159 Å². The Balaban J connectivity index is 1.84. The van der Waals surface area contributed by atoms with Gasteiger partial charge in [-0.05, 0) is 29.8 Å². The first-order chi connectivity index (χ1) is 12.0. The van der Waals surface area contributed by atoms with E-state index in [2.05, 4.69) is 4.98 Å². The number of ketones is 1. The van der Waals surface area contributed by atoms with E-state index < -0.39 is 6.23 Å². The van der Waals surface area contributed by atoms with E-state index in [0.717, 1.165) is 5.56 Å². The number of hydrogen-bond donors (Lipinski definition) is 0. The van der Waals surface area contributed by atoms with Gasteiger partial charge in [0.05, 0.1) is 12.9 Å². The minimum absolute atomic E-state index is 0.144. The maximum Gasteiger partial charge on any atom is 0.212 e. The van der Waals surface area contributed by atoms with Gasteiger partial charge in [0.1, 0.15) is 0 Å². The number of halogens is 3. The van der Waals surface area contributed by atoms with Crippen LogP contribution in [0.1, 0.15) is 22.1 Å². The van der Waals surface area contributed by atoms with Gasteiger partial charge >= 0.3 is 0 Å². The Bertz CT molecular complexity index is 882. The third-order valence-electron chi connectivity index (χ3n) is 3.54. The number of rotatable bonds is 6. The van der Waals surface area contributed by atoms with E-state index in [4.69, 9.17) is 39.5 Å². The molecule has 0 radical (unpaired) electrons. The van der Waals surface area contributed by atoms with E-state index in [0.29, 0.717) is 20.6 Å². The molecule has 0 saturated heterocycles. The predicted molar refractivity (Wildman–Crippen MR) is 98.3 cm³/mol. The number of benzene rings is 2. The number of aromatic nitrogens is 2. The van der Waals surface area contributed by atoms with Crippen molar-refractivity contribution in [3.8, 4) is 0 Å². The van der Waals surface area contributed by atoms with Crippen molar-refractivity contribution in [2.45, 2.75) is 12.8 Å². The molecule has 4 nitrogen and oxygen atoms in total. The molecule has 128 valence electrons. The van der Waals surface area contributed by atoms with E-state index in [1.165, 1.54) is 6.33 Å². The van der Waals surface area contributed by atoms with Crippen LogP contribution in [0.25, 0.3) is 0 Å². The SMILES string of the molecule is O=C(c1cccc(Cl)c1)C(OCc1ccc(Cl)cc1Cl)n1ccnc1. The molecule has 0 amide bonds. The standard InChI is InChI=1S/C18H13Cl3N2O2/c19-14-3-1-2-12(8-14)17(24)18(23-7-6-22-11-23)25-10-13-4-5-15(20)9-16(13)21/h1-9,11,18H,10H2. The van der Waals surface area contributed by atoms with Crippen LogP contribution >= 0.6 is 34.8 Å². The van der Waals surface area contributed by atoms with Crippen molar-refractivity contribution in [2.75, 3.05) is 0 Å². The number of nitrogens with zero attached hydrogens (tertiary/aromatic N) is 2. The fourth-order valence-electron chi connectivity index (χ4n) is 2.30. The van der Waals surface area contributed by atoms with Crippen LogP contribution in [0.3, 0.4) is 0 Å². The van der Waals surface area contributed by atoms with Gasteiger partial charge in [0.15, 0.2) is 6.23 Å². The van der Waals surface area contributed by atoms with Gasteiger partial charge in [-0.3, -0.25) is 4.79 Å². The molecule has 0 spiro atoms. The fraction of sp³-hybridized carbons (Fsp3) is 0.111. The van der Waals surface area contributed by atoms with E-state index in [9.17, 15) is 4.79 Å². The second-order valence-electron chi connectivity index (χ2n) is 5.28. The lowest BCUT2D eigenvalue weighted by atomic mass is 10.1. The molecule has 1 unspecified atom stereocenters. The molecule has 7 heteroatoms. The largest absolute Gasteiger partial charge is 0.345 e. The fourth-order valence-corrected chi connectivity index (χ4v) is 2.95. The highest BCUT2D eigenvalue weighted by Gasteiger charge is 2.23. The van der Waals surface area contributed by atoms with Crippen LogP contribution in [-0.2, 0) is 11.3 Å². The molecule has 0 saturated carbocycles. The highest BCUT2D eigenvalue weighted by molar-refractivity contribution is 6.35. The van der Waals surface area contributed by atoms with Crippen molar-refractivity contribution in [1.82, 2.24) is 9.55 Å². The minimum atomic E-state index is -0.882. The number of Topliss-reactive ketones (excluding diaryl/α,β-unsaturated/α-hetero) is 1. The first-order valence-corrected chi connectivity index (χ1v) is 8.51. The zero-order chi connectivity index (χ0) is 17.8. The molecule has 3 rings (SSSR count). The van der Waals surface area contributed by atoms with Gasteiger partial charge in [-0.2, -0.15) is 0 Å². The number of carbonyl (C=O) groups excluding carboxylic acids is 1. The first kappa shape index (κ1) is 18.0. The lowest BCUT2D eigenvalue weighted by Gasteiger charge is -2.19. The van der Waals surface area contributed by atoms with Crippen molar-refractivity contribution in [1.29, 1.82) is 0 Å². The number of ether oxygens (including phenoxy) is 1. The van der Waals surface area contributed by atoms with Crippen molar-refractivity contribution in [3.05, 3.63) is 87.4 Å². The third-order valence-corrected chi connectivity index (χ3v) is 4.36. The summed E-state index contributed by atoms with van der Waals surface area (Å²) in [6.07, 6.45) is 3.89. The molecular formula is C18H13Cl3N2O2. The zero-order valence-electron chi connectivity index (χ0n) is 12.9. The maximum atomic E-state index is 12.9. The van der Waals surface area contributed by atoms with Crippen LogP contribution in [-0.4, -0.2) is 15.3 Å². The summed E-state index contributed by atoms with van der Waals surface area (Å²) in [5.41, 5.74) is 1.18. The monoisotopic (exact) mass is 394 g/mol. The van der Waals surface area contributed by atoms with Gasteiger partial charge in [-0.15, -0.1) is 0 Å². The molecule has 1 heterocycles. The molecule has 0 bridgehead atoms. The summed E-state index contributed by atoms with van der Waals surface area (Å²) >= 11 is 18.1. The highest BCUT2D eigenvalue weighted by atomic mass is 35.5. The smallest absolute Gasteiger partial charge is 0.212 e. The quantitative estimate of drug-likeness (QED) is 0.522. The molecule has 25 heavy (non-hydrogen) atoms. The minimum Gasteiger partial charge on any atom is -0.345 e. The van der Waals surface area contributed by atoms with Gasteiger partial charge in [-0.1, -0.05) is 53.0 Å². The predicted octanol–water partition coefficient (Wildman–Crippen LogP) is 5.44. The van der Waals surface area contributed by atoms with Crippen LogP contribution in [0.4, 0.5) is 0 Å². The molecule has 1 atom stereocenters. The van der Waals surface area contributed by atoms with Gasteiger partial charge < -0.3 is 9.30 Å². The average Bonchev–Trinajstić information content (AvgIpc) is 3.11. The van der Waals surface area contributed by atoms with E-state index in [1.54, 1.807) is 59.4 Å². The van der Waals surface area contributed by atoms with Crippen LogP contribution < -0.4 is 0 Å². The van der Waals surface area contributed by atoms with Gasteiger partial charge in [0, 0.05) is 33.0 Å². The first-order valence-electron chi connectivity index (χ1n) is 7.37. The summed E-state index contributed by atoms with van der Waals surface area (Å²) in [4.78, 5) is 16.9. The third kappa shape index (κ3) is 4.41. The normalized spacial score (nSPS) is 12.1. The van der Waals surface area contributed by atoms with Gasteiger partial charge in [0.25, 0.3) is 0 Å². The molecule has 0 aliphatic rings. The Morgan fingerprint density at radius 3 is 2.60 bits per heavy atom. The second-order valence-corrected chi connectivity index (χ2v) is 6.56. The Kier molecular flexibility index (Phi) is 5.76. The van der Waals surface area contributed by atoms with Gasteiger partial charge in [-0.25, -0.2) is 4.98 Å². The van der Waals surface area contributed by atoms with Crippen molar-refractivity contribution in [3.63, 3.8) is 0 Å². The average molecular weight is 396 g/mol. The summed E-state index contributed by atoms with van der Waals surface area (Å²) in [5.74, 6) is -0.231. The Morgan fingerprint density at radius 1 is 1.12 bits per heavy atom. The van der Waals surface area contributed by atoms with Crippen molar-refractivity contribution < 1.29 is 9.53 Å². The van der Waals surface area contributed by atoms with Crippen molar-refractivity contribution in [2.24, 2.45) is 0 Å². The van der Waals surface area contributed by atoms with Crippen LogP contribution in [0.5, 0.6) is 0 Å². The van der Waals surface area contributed by atoms with Crippen LogP contribution in [0, 0.1) is 0 Å². The second kappa shape index (κ2) is 8.02. The lowest BCUT2D eigenvalue weighted by Crippen LogP contribution is -2.22. The summed E-state index contributed by atoms with van der Waals surface area (Å²) in [6, 6.07) is 11.8. The molecule has 2 aromatic carbocycles. The molecule has 3 aromatic rings. The molecule has 1 aromatic heterocycles. The highest BCUT2D eigenvalue weighted by Crippen LogP contribution is 2.25. The van der Waals surface area contributed by atoms with E-state index >= 15 is 0 Å². The summed E-state index contributed by atoms with van der Waals surface area (Å²) in [6.45, 7) is 0.144. The summed E-state index contributed by atoms with van der Waals surface area (Å²) in [7, 11) is 0. The maximum absolute atomic E-state index is 12.9. The lowest BCUT2D eigenvalue weighted by molar-refractivity contribution is 0.000861. The van der Waals surface area contributed by atoms with Crippen LogP contribution in [0.2, 0.25) is 15.1 Å². The number of carbonyl (C=O) groups is 1. The molecule has 0 fully saturated rings. The van der Waals surface area contributed by atoms with Crippen LogP contribution in [0.15, 0.2) is 61.2 Å². The number of hydrogen-bond acceptors (Lipinski definition) is 3.